The van der Waals surface area contributed by atoms with Gasteiger partial charge in [0.15, 0.2) is 0 Å². The predicted molar refractivity (Wildman–Crippen MR) is 88.6 cm³/mol. The number of nitro benzene ring substituents is 1. The topological polar surface area (TPSA) is 113 Å². The number of nitrogens with one attached hydrogen (secondary N) is 3. The van der Waals surface area contributed by atoms with Crippen molar-refractivity contribution in [1.82, 2.24) is 10.9 Å². The molecule has 0 aromatic heterocycles. The Morgan fingerprint density at radius 2 is 1.80 bits per heavy atom. The zero-order valence-corrected chi connectivity index (χ0v) is 13.3. The maximum absolute atomic E-state index is 12.9. The fourth-order valence-electron chi connectivity index (χ4n) is 1.79. The molecule has 8 nitrogen and oxygen atoms in total. The molecule has 0 radical (unpaired) electrons. The van der Waals surface area contributed by atoms with Gasteiger partial charge in [-0.1, -0.05) is 11.6 Å². The van der Waals surface area contributed by atoms with Crippen LogP contribution in [0.5, 0.6) is 0 Å². The third-order valence-corrected chi connectivity index (χ3v) is 3.34. The highest BCUT2D eigenvalue weighted by Gasteiger charge is 2.10. The molecule has 0 aliphatic carbocycles. The molecule has 2 aromatic carbocycles. The van der Waals surface area contributed by atoms with E-state index in [1.165, 1.54) is 36.4 Å². The summed E-state index contributed by atoms with van der Waals surface area (Å²) in [5, 5.41) is 13.3. The average molecular weight is 367 g/mol. The van der Waals surface area contributed by atoms with Gasteiger partial charge in [0.05, 0.1) is 22.2 Å². The Kier molecular flexibility index (Phi) is 5.85. The van der Waals surface area contributed by atoms with Gasteiger partial charge in [0, 0.05) is 17.7 Å². The Balaban J connectivity index is 1.82. The molecule has 130 valence electrons. The van der Waals surface area contributed by atoms with Gasteiger partial charge in [0.25, 0.3) is 17.5 Å². The Labute approximate surface area is 146 Å². The fraction of sp³-hybridized carbons (Fsp3) is 0.0667. The number of carbonyl (C=O) groups is 2. The van der Waals surface area contributed by atoms with Crippen LogP contribution in [0.25, 0.3) is 0 Å². The van der Waals surface area contributed by atoms with E-state index >= 15 is 0 Å². The average Bonchev–Trinajstić information content (AvgIpc) is 2.59. The Bertz CT molecular complexity index is 814. The molecule has 0 aliphatic heterocycles. The molecule has 0 heterocycles. The number of hydrogen-bond donors (Lipinski definition) is 3. The van der Waals surface area contributed by atoms with Gasteiger partial charge in [-0.05, 0) is 30.3 Å². The van der Waals surface area contributed by atoms with Gasteiger partial charge in [-0.15, -0.1) is 0 Å². The number of nitro groups is 1. The normalized spacial score (nSPS) is 10.0. The second kappa shape index (κ2) is 8.06. The summed E-state index contributed by atoms with van der Waals surface area (Å²) >= 11 is 5.80. The molecule has 0 atom stereocenters. The van der Waals surface area contributed by atoms with Crippen molar-refractivity contribution in [2.24, 2.45) is 0 Å². The van der Waals surface area contributed by atoms with E-state index in [4.69, 9.17) is 11.6 Å². The van der Waals surface area contributed by atoms with Crippen LogP contribution in [0.1, 0.15) is 10.4 Å². The van der Waals surface area contributed by atoms with Crippen molar-refractivity contribution >= 4 is 34.8 Å². The summed E-state index contributed by atoms with van der Waals surface area (Å²) in [5.74, 6) is -1.71. The zero-order valence-electron chi connectivity index (χ0n) is 12.6. The van der Waals surface area contributed by atoms with Crippen molar-refractivity contribution in [2.45, 2.75) is 0 Å². The number of anilines is 1. The standard InChI is InChI=1S/C15H12ClFN4O4/c16-12-7-10(17)3-6-13(12)18-8-14(22)19-20-15(23)9-1-4-11(5-2-9)21(24)25/h1-7,18H,8H2,(H,19,22)(H,20,23). The van der Waals surface area contributed by atoms with E-state index in [1.807, 2.05) is 0 Å². The van der Waals surface area contributed by atoms with Crippen LogP contribution in [0.4, 0.5) is 15.8 Å². The maximum Gasteiger partial charge on any atom is 0.269 e. The van der Waals surface area contributed by atoms with Crippen molar-refractivity contribution < 1.29 is 18.9 Å². The highest BCUT2D eigenvalue weighted by Crippen LogP contribution is 2.21. The SMILES string of the molecule is O=C(CNc1ccc(F)cc1Cl)NNC(=O)c1ccc([N+](=O)[O-])cc1. The molecule has 0 saturated heterocycles. The lowest BCUT2D eigenvalue weighted by molar-refractivity contribution is -0.384. The zero-order chi connectivity index (χ0) is 18.4. The number of hydrogen-bond acceptors (Lipinski definition) is 5. The van der Waals surface area contributed by atoms with E-state index in [-0.39, 0.29) is 22.8 Å². The van der Waals surface area contributed by atoms with Crippen molar-refractivity contribution in [3.8, 4) is 0 Å². The van der Waals surface area contributed by atoms with Gasteiger partial charge in [0.1, 0.15) is 5.82 Å². The lowest BCUT2D eigenvalue weighted by Gasteiger charge is -2.10. The number of nitrogens with zero attached hydrogens (tertiary/aromatic N) is 1. The number of non-ortho nitro benzene ring substituents is 1. The van der Waals surface area contributed by atoms with Crippen LogP contribution in [0, 0.1) is 15.9 Å². The third-order valence-electron chi connectivity index (χ3n) is 3.03. The quantitative estimate of drug-likeness (QED) is 0.555. The minimum atomic E-state index is -0.636. The third kappa shape index (κ3) is 5.15. The number of carbonyl (C=O) groups excluding carboxylic acids is 2. The Morgan fingerprint density at radius 1 is 1.12 bits per heavy atom. The minimum Gasteiger partial charge on any atom is -0.375 e. The van der Waals surface area contributed by atoms with Crippen LogP contribution in [0.2, 0.25) is 5.02 Å². The smallest absolute Gasteiger partial charge is 0.269 e. The second-order valence-electron chi connectivity index (χ2n) is 4.78. The van der Waals surface area contributed by atoms with Gasteiger partial charge >= 0.3 is 0 Å². The molecule has 0 bridgehead atoms. The first kappa shape index (κ1) is 18.1. The summed E-state index contributed by atoms with van der Waals surface area (Å²) in [6, 6.07) is 8.52. The van der Waals surface area contributed by atoms with E-state index in [0.717, 1.165) is 6.07 Å². The van der Waals surface area contributed by atoms with Crippen LogP contribution in [-0.4, -0.2) is 23.3 Å². The number of hydrazine groups is 1. The molecule has 0 spiro atoms. The number of rotatable bonds is 5. The molecular weight excluding hydrogens is 355 g/mol. The van der Waals surface area contributed by atoms with E-state index < -0.39 is 22.6 Å². The van der Waals surface area contributed by atoms with Crippen LogP contribution < -0.4 is 16.2 Å². The Hall–Kier alpha value is -3.20. The first-order chi connectivity index (χ1) is 11.9. The maximum atomic E-state index is 12.9. The van der Waals surface area contributed by atoms with Gasteiger partial charge < -0.3 is 5.32 Å². The van der Waals surface area contributed by atoms with E-state index in [2.05, 4.69) is 16.2 Å². The molecule has 3 N–H and O–H groups in total. The van der Waals surface area contributed by atoms with Crippen molar-refractivity contribution in [3.05, 3.63) is 69.0 Å². The molecule has 2 amide bonds. The molecule has 10 heteroatoms. The van der Waals surface area contributed by atoms with Gasteiger partial charge in [-0.25, -0.2) is 4.39 Å². The number of halogens is 2. The molecule has 2 aromatic rings. The molecular formula is C15H12ClFN4O4. The molecule has 0 saturated carbocycles. The monoisotopic (exact) mass is 366 g/mol. The number of amides is 2. The summed E-state index contributed by atoms with van der Waals surface area (Å²) in [6.07, 6.45) is 0. The summed E-state index contributed by atoms with van der Waals surface area (Å²) in [7, 11) is 0. The van der Waals surface area contributed by atoms with Crippen molar-refractivity contribution in [3.63, 3.8) is 0 Å². The first-order valence-electron chi connectivity index (χ1n) is 6.89. The number of benzene rings is 2. The summed E-state index contributed by atoms with van der Waals surface area (Å²) in [5.41, 5.74) is 4.68. The summed E-state index contributed by atoms with van der Waals surface area (Å²) in [4.78, 5) is 33.4. The lowest BCUT2D eigenvalue weighted by Crippen LogP contribution is -2.44. The largest absolute Gasteiger partial charge is 0.375 e. The van der Waals surface area contributed by atoms with Crippen LogP contribution in [0.15, 0.2) is 42.5 Å². The summed E-state index contributed by atoms with van der Waals surface area (Å²) in [6.45, 7) is -0.216. The van der Waals surface area contributed by atoms with Gasteiger partial charge in [-0.2, -0.15) is 0 Å². The summed E-state index contributed by atoms with van der Waals surface area (Å²) < 4.78 is 12.9. The Morgan fingerprint density at radius 3 is 2.40 bits per heavy atom. The van der Waals surface area contributed by atoms with Crippen molar-refractivity contribution in [1.29, 1.82) is 0 Å². The van der Waals surface area contributed by atoms with E-state index in [0.29, 0.717) is 5.69 Å². The molecule has 25 heavy (non-hydrogen) atoms. The van der Waals surface area contributed by atoms with Crippen LogP contribution in [0.3, 0.4) is 0 Å². The predicted octanol–water partition coefficient (Wildman–Crippen LogP) is 2.26. The van der Waals surface area contributed by atoms with Crippen LogP contribution >= 0.6 is 11.6 Å². The van der Waals surface area contributed by atoms with E-state index in [9.17, 15) is 24.1 Å². The molecule has 0 fully saturated rings. The van der Waals surface area contributed by atoms with Crippen molar-refractivity contribution in [2.75, 3.05) is 11.9 Å². The molecule has 2 rings (SSSR count). The van der Waals surface area contributed by atoms with Gasteiger partial charge in [-0.3, -0.25) is 30.6 Å². The minimum absolute atomic E-state index is 0.114. The molecule has 0 unspecified atom stereocenters. The fourth-order valence-corrected chi connectivity index (χ4v) is 2.02. The highest BCUT2D eigenvalue weighted by molar-refractivity contribution is 6.33. The van der Waals surface area contributed by atoms with E-state index in [1.54, 1.807) is 0 Å². The lowest BCUT2D eigenvalue weighted by atomic mass is 10.2. The van der Waals surface area contributed by atoms with Gasteiger partial charge in [0.2, 0.25) is 0 Å². The second-order valence-corrected chi connectivity index (χ2v) is 5.19. The van der Waals surface area contributed by atoms with Crippen LogP contribution in [-0.2, 0) is 4.79 Å². The molecule has 0 aliphatic rings. The first-order valence-corrected chi connectivity index (χ1v) is 7.27. The highest BCUT2D eigenvalue weighted by atomic mass is 35.5.